The van der Waals surface area contributed by atoms with Crippen LogP contribution in [0.15, 0.2) is 48.5 Å². The van der Waals surface area contributed by atoms with Crippen molar-refractivity contribution in [3.63, 3.8) is 0 Å². The van der Waals surface area contributed by atoms with Gasteiger partial charge in [0.2, 0.25) is 5.91 Å². The molecule has 0 bridgehead atoms. The molecule has 2 amide bonds. The van der Waals surface area contributed by atoms with Crippen molar-refractivity contribution in [3.05, 3.63) is 59.7 Å². The van der Waals surface area contributed by atoms with Crippen LogP contribution < -0.4 is 10.6 Å². The van der Waals surface area contributed by atoms with Gasteiger partial charge in [0.05, 0.1) is 0 Å². The molecule has 180 valence electrons. The highest BCUT2D eigenvalue weighted by Crippen LogP contribution is 2.44. The van der Waals surface area contributed by atoms with Gasteiger partial charge in [-0.15, -0.1) is 0 Å². The quantitative estimate of drug-likeness (QED) is 0.540. The van der Waals surface area contributed by atoms with Crippen LogP contribution >= 0.6 is 0 Å². The first-order valence-corrected chi connectivity index (χ1v) is 11.9. The van der Waals surface area contributed by atoms with Crippen molar-refractivity contribution < 1.29 is 24.2 Å². The van der Waals surface area contributed by atoms with Gasteiger partial charge in [-0.2, -0.15) is 0 Å². The fourth-order valence-electron chi connectivity index (χ4n) is 5.14. The molecule has 2 atom stereocenters. The average Bonchev–Trinajstić information content (AvgIpc) is 3.38. The van der Waals surface area contributed by atoms with Crippen molar-refractivity contribution in [1.82, 2.24) is 10.6 Å². The van der Waals surface area contributed by atoms with Crippen LogP contribution in [-0.4, -0.2) is 41.8 Å². The molecule has 0 radical (unpaired) electrons. The number of carboxylic acids is 1. The lowest BCUT2D eigenvalue weighted by Crippen LogP contribution is -2.49. The number of alkyl carbamates (subject to hydrolysis) is 1. The molecule has 0 heterocycles. The number of carbonyl (C=O) groups is 3. The Bertz CT molecular complexity index is 1030. The topological polar surface area (TPSA) is 105 Å². The maximum atomic E-state index is 12.4. The average molecular weight is 465 g/mol. The molecule has 0 aliphatic heterocycles. The number of ether oxygens (including phenoxy) is 1. The number of hydrogen-bond acceptors (Lipinski definition) is 4. The SMILES string of the molecule is CC(C)(NC(=O)CC1CCC(CNC(=O)OCC2c3ccccc3-c3ccccc32)C1)C(=O)O. The molecule has 0 aromatic heterocycles. The van der Waals surface area contributed by atoms with Crippen LogP contribution in [0.5, 0.6) is 0 Å². The van der Waals surface area contributed by atoms with E-state index in [1.54, 1.807) is 0 Å². The van der Waals surface area contributed by atoms with E-state index >= 15 is 0 Å². The first kappa shape index (κ1) is 23.8. The third-order valence-corrected chi connectivity index (χ3v) is 6.99. The van der Waals surface area contributed by atoms with Crippen LogP contribution in [0.25, 0.3) is 11.1 Å². The van der Waals surface area contributed by atoms with E-state index in [1.165, 1.54) is 36.1 Å². The predicted octanol–water partition coefficient (Wildman–Crippen LogP) is 4.31. The largest absolute Gasteiger partial charge is 0.480 e. The Labute approximate surface area is 199 Å². The minimum absolute atomic E-state index is 0.0302. The van der Waals surface area contributed by atoms with Crippen molar-refractivity contribution >= 4 is 18.0 Å². The predicted molar refractivity (Wildman–Crippen MR) is 128 cm³/mol. The van der Waals surface area contributed by atoms with Crippen LogP contribution in [-0.2, 0) is 14.3 Å². The minimum Gasteiger partial charge on any atom is -0.480 e. The number of fused-ring (bicyclic) bond motifs is 3. The zero-order valence-electron chi connectivity index (χ0n) is 19.7. The Morgan fingerprint density at radius 3 is 2.18 bits per heavy atom. The molecule has 2 unspecified atom stereocenters. The fourth-order valence-corrected chi connectivity index (χ4v) is 5.14. The van der Waals surface area contributed by atoms with Crippen molar-refractivity contribution in [2.45, 2.75) is 51.0 Å². The molecule has 4 rings (SSSR count). The summed E-state index contributed by atoms with van der Waals surface area (Å²) in [4.78, 5) is 35.8. The minimum atomic E-state index is -1.28. The van der Waals surface area contributed by atoms with E-state index in [0.29, 0.717) is 13.0 Å². The Morgan fingerprint density at radius 2 is 1.56 bits per heavy atom. The molecule has 1 saturated carbocycles. The van der Waals surface area contributed by atoms with Crippen LogP contribution in [0.3, 0.4) is 0 Å². The summed E-state index contributed by atoms with van der Waals surface area (Å²) in [5, 5.41) is 14.6. The van der Waals surface area contributed by atoms with Gasteiger partial charge in [-0.25, -0.2) is 9.59 Å². The third-order valence-electron chi connectivity index (χ3n) is 6.99. The summed E-state index contributed by atoms with van der Waals surface area (Å²) < 4.78 is 5.60. The highest BCUT2D eigenvalue weighted by Gasteiger charge is 2.32. The van der Waals surface area contributed by atoms with Crippen molar-refractivity contribution in [3.8, 4) is 11.1 Å². The fraction of sp³-hybridized carbons (Fsp3) is 0.444. The summed E-state index contributed by atoms with van der Waals surface area (Å²) in [7, 11) is 0. The highest BCUT2D eigenvalue weighted by molar-refractivity contribution is 5.86. The second-order valence-corrected chi connectivity index (χ2v) is 9.93. The van der Waals surface area contributed by atoms with Crippen molar-refractivity contribution in [2.75, 3.05) is 13.2 Å². The van der Waals surface area contributed by atoms with Crippen molar-refractivity contribution in [2.24, 2.45) is 11.8 Å². The van der Waals surface area contributed by atoms with Gasteiger partial charge in [0.1, 0.15) is 12.1 Å². The number of benzene rings is 2. The van der Waals surface area contributed by atoms with E-state index in [0.717, 1.165) is 19.3 Å². The molecule has 7 nitrogen and oxygen atoms in total. The van der Waals surface area contributed by atoms with Gasteiger partial charge < -0.3 is 20.5 Å². The second-order valence-electron chi connectivity index (χ2n) is 9.93. The summed E-state index contributed by atoms with van der Waals surface area (Å²) in [6.45, 7) is 3.74. The first-order chi connectivity index (χ1) is 16.2. The van der Waals surface area contributed by atoms with Gasteiger partial charge in [-0.05, 0) is 67.2 Å². The summed E-state index contributed by atoms with van der Waals surface area (Å²) in [6.07, 6.45) is 2.51. The monoisotopic (exact) mass is 464 g/mol. The summed E-state index contributed by atoms with van der Waals surface area (Å²) in [5.74, 6) is -0.799. The number of carbonyl (C=O) groups excluding carboxylic acids is 2. The van der Waals surface area contributed by atoms with E-state index in [4.69, 9.17) is 9.84 Å². The number of rotatable bonds is 8. The molecule has 0 saturated heterocycles. The highest BCUT2D eigenvalue weighted by atomic mass is 16.5. The molecule has 1 fully saturated rings. The molecule has 7 heteroatoms. The lowest BCUT2D eigenvalue weighted by molar-refractivity contribution is -0.146. The number of hydrogen-bond donors (Lipinski definition) is 3. The van der Waals surface area contributed by atoms with Crippen LogP contribution in [0, 0.1) is 11.8 Å². The van der Waals surface area contributed by atoms with Gasteiger partial charge in [0, 0.05) is 18.9 Å². The number of aliphatic carboxylic acids is 1. The van der Waals surface area contributed by atoms with Gasteiger partial charge in [0.15, 0.2) is 0 Å². The third kappa shape index (κ3) is 5.24. The zero-order chi connectivity index (χ0) is 24.3. The first-order valence-electron chi connectivity index (χ1n) is 11.9. The lowest BCUT2D eigenvalue weighted by Gasteiger charge is -2.22. The number of amides is 2. The maximum absolute atomic E-state index is 12.4. The van der Waals surface area contributed by atoms with Gasteiger partial charge in [-0.1, -0.05) is 48.5 Å². The van der Waals surface area contributed by atoms with E-state index in [-0.39, 0.29) is 30.3 Å². The molecule has 2 aromatic carbocycles. The van der Waals surface area contributed by atoms with E-state index < -0.39 is 17.6 Å². The van der Waals surface area contributed by atoms with Gasteiger partial charge in [0.25, 0.3) is 0 Å². The molecule has 3 N–H and O–H groups in total. The standard InChI is InChI=1S/C27H32N2O5/c1-27(2,25(31)32)29-24(30)14-17-11-12-18(13-17)15-28-26(33)34-16-23-21-9-5-3-7-19(21)20-8-4-6-10-22(20)23/h3-10,17-18,23H,11-16H2,1-2H3,(H,28,33)(H,29,30)(H,31,32). The van der Waals surface area contributed by atoms with Crippen LogP contribution in [0.4, 0.5) is 4.79 Å². The molecule has 34 heavy (non-hydrogen) atoms. The maximum Gasteiger partial charge on any atom is 0.407 e. The second kappa shape index (κ2) is 9.87. The molecular formula is C27H32N2O5. The smallest absolute Gasteiger partial charge is 0.407 e. The van der Waals surface area contributed by atoms with Gasteiger partial charge in [-0.3, -0.25) is 4.79 Å². The van der Waals surface area contributed by atoms with Crippen molar-refractivity contribution in [1.29, 1.82) is 0 Å². The number of carboxylic acid groups (broad SMARTS) is 1. The lowest BCUT2D eigenvalue weighted by atomic mass is 9.98. The normalized spacial score (nSPS) is 19.2. The zero-order valence-corrected chi connectivity index (χ0v) is 19.7. The molecule has 2 aliphatic carbocycles. The Hall–Kier alpha value is -3.35. The summed E-state index contributed by atoms with van der Waals surface area (Å²) in [5.41, 5.74) is 3.47. The number of nitrogens with one attached hydrogen (secondary N) is 2. The van der Waals surface area contributed by atoms with E-state index in [9.17, 15) is 14.4 Å². The van der Waals surface area contributed by atoms with E-state index in [1.807, 2.05) is 24.3 Å². The molecule has 0 spiro atoms. The Balaban J connectivity index is 1.22. The summed E-state index contributed by atoms with van der Waals surface area (Å²) >= 11 is 0. The Morgan fingerprint density at radius 1 is 0.971 bits per heavy atom. The molecule has 2 aliphatic rings. The Kier molecular flexibility index (Phi) is 6.91. The van der Waals surface area contributed by atoms with Crippen LogP contribution in [0.2, 0.25) is 0 Å². The molecule has 2 aromatic rings. The van der Waals surface area contributed by atoms with Gasteiger partial charge >= 0.3 is 12.1 Å². The van der Waals surface area contributed by atoms with E-state index in [2.05, 4.69) is 34.9 Å². The summed E-state index contributed by atoms with van der Waals surface area (Å²) in [6, 6.07) is 16.5. The van der Waals surface area contributed by atoms with Crippen LogP contribution in [0.1, 0.15) is 56.6 Å². The molecular weight excluding hydrogens is 432 g/mol.